The molecular weight excluding hydrogens is 384 g/mol. The maximum atomic E-state index is 5.31. The maximum absolute atomic E-state index is 5.31. The summed E-state index contributed by atoms with van der Waals surface area (Å²) in [6.07, 6.45) is 1.93. The zero-order valence-electron chi connectivity index (χ0n) is 12.9. The van der Waals surface area contributed by atoms with Crippen molar-refractivity contribution in [3.63, 3.8) is 0 Å². The highest BCUT2D eigenvalue weighted by Crippen LogP contribution is 2.12. The predicted molar refractivity (Wildman–Crippen MR) is 105 cm³/mol. The summed E-state index contributed by atoms with van der Waals surface area (Å²) in [5.41, 5.74) is 2.38. The number of thiocarbonyl (C=S) groups is 1. The Labute approximate surface area is 155 Å². The smallest absolute Gasteiger partial charge is 0.172 e. The first-order valence-corrected chi connectivity index (χ1v) is 8.76. The van der Waals surface area contributed by atoms with Gasteiger partial charge in [-0.25, -0.2) is 0 Å². The molecule has 0 bridgehead atoms. The molecule has 3 aromatic rings. The Morgan fingerprint density at radius 2 is 1.75 bits per heavy atom. The second kappa shape index (κ2) is 8.08. The SMILES string of the molecule is S=C(NCc1ccccc1)Nc1ccn(Cc2ccc(Br)cc2)n1. The van der Waals surface area contributed by atoms with E-state index in [9.17, 15) is 0 Å². The van der Waals surface area contributed by atoms with Gasteiger partial charge in [0.05, 0.1) is 6.54 Å². The average molecular weight is 401 g/mol. The van der Waals surface area contributed by atoms with Crippen LogP contribution in [0.4, 0.5) is 5.82 Å². The van der Waals surface area contributed by atoms with Gasteiger partial charge in [0.15, 0.2) is 10.9 Å². The molecule has 0 spiro atoms. The Bertz CT molecular complexity index is 799. The monoisotopic (exact) mass is 400 g/mol. The summed E-state index contributed by atoms with van der Waals surface area (Å²) in [7, 11) is 0. The van der Waals surface area contributed by atoms with Crippen LogP contribution in [0.2, 0.25) is 0 Å². The first-order chi connectivity index (χ1) is 11.7. The predicted octanol–water partition coefficient (Wildman–Crippen LogP) is 4.18. The van der Waals surface area contributed by atoms with Crippen LogP contribution >= 0.6 is 28.1 Å². The number of hydrogen-bond donors (Lipinski definition) is 2. The minimum Gasteiger partial charge on any atom is -0.358 e. The molecule has 4 nitrogen and oxygen atoms in total. The summed E-state index contributed by atoms with van der Waals surface area (Å²) in [5, 5.41) is 11.3. The van der Waals surface area contributed by atoms with Crippen molar-refractivity contribution in [1.29, 1.82) is 0 Å². The minimum atomic E-state index is 0.563. The van der Waals surface area contributed by atoms with Crippen molar-refractivity contribution in [3.05, 3.63) is 82.5 Å². The molecule has 24 heavy (non-hydrogen) atoms. The van der Waals surface area contributed by atoms with Gasteiger partial charge in [-0.2, -0.15) is 5.10 Å². The quantitative estimate of drug-likeness (QED) is 0.630. The molecule has 0 aliphatic heterocycles. The molecule has 0 saturated heterocycles. The maximum Gasteiger partial charge on any atom is 0.172 e. The Balaban J connectivity index is 1.51. The number of halogens is 1. The summed E-state index contributed by atoms with van der Waals surface area (Å²) in [5.74, 6) is 0.734. The average Bonchev–Trinajstić information content (AvgIpc) is 3.03. The first-order valence-electron chi connectivity index (χ1n) is 7.56. The van der Waals surface area contributed by atoms with Gasteiger partial charge in [-0.3, -0.25) is 4.68 Å². The zero-order chi connectivity index (χ0) is 16.8. The Kier molecular flexibility index (Phi) is 5.61. The lowest BCUT2D eigenvalue weighted by Gasteiger charge is -2.08. The van der Waals surface area contributed by atoms with Crippen LogP contribution in [0.1, 0.15) is 11.1 Å². The van der Waals surface area contributed by atoms with Crippen molar-refractivity contribution in [1.82, 2.24) is 15.1 Å². The number of benzene rings is 2. The Morgan fingerprint density at radius 3 is 2.50 bits per heavy atom. The molecule has 6 heteroatoms. The van der Waals surface area contributed by atoms with E-state index in [1.54, 1.807) is 0 Å². The summed E-state index contributed by atoms with van der Waals surface area (Å²) in [4.78, 5) is 0. The molecule has 3 rings (SSSR count). The van der Waals surface area contributed by atoms with Crippen LogP contribution in [0.5, 0.6) is 0 Å². The van der Waals surface area contributed by atoms with E-state index in [4.69, 9.17) is 12.2 Å². The van der Waals surface area contributed by atoms with Crippen molar-refractivity contribution in [2.75, 3.05) is 5.32 Å². The van der Waals surface area contributed by atoms with Gasteiger partial charge in [0, 0.05) is 23.3 Å². The molecule has 1 heterocycles. The second-order valence-corrected chi connectivity index (χ2v) is 6.64. The van der Waals surface area contributed by atoms with Crippen LogP contribution in [-0.4, -0.2) is 14.9 Å². The van der Waals surface area contributed by atoms with Gasteiger partial charge in [0.25, 0.3) is 0 Å². The molecule has 122 valence electrons. The fourth-order valence-corrected chi connectivity index (χ4v) is 2.67. The molecule has 0 aliphatic rings. The van der Waals surface area contributed by atoms with E-state index in [0.717, 1.165) is 16.8 Å². The Morgan fingerprint density at radius 1 is 1.00 bits per heavy atom. The van der Waals surface area contributed by atoms with Crippen molar-refractivity contribution < 1.29 is 0 Å². The summed E-state index contributed by atoms with van der Waals surface area (Å²) >= 11 is 8.75. The third-order valence-corrected chi connectivity index (χ3v) is 4.21. The number of nitrogens with one attached hydrogen (secondary N) is 2. The normalized spacial score (nSPS) is 10.4. The van der Waals surface area contributed by atoms with E-state index < -0.39 is 0 Å². The fourth-order valence-electron chi connectivity index (χ4n) is 2.23. The van der Waals surface area contributed by atoms with Gasteiger partial charge in [0.1, 0.15) is 0 Å². The number of anilines is 1. The molecule has 2 N–H and O–H groups in total. The molecule has 0 amide bonds. The van der Waals surface area contributed by atoms with Crippen LogP contribution in [0.25, 0.3) is 0 Å². The highest BCUT2D eigenvalue weighted by molar-refractivity contribution is 9.10. The van der Waals surface area contributed by atoms with Gasteiger partial charge >= 0.3 is 0 Å². The molecule has 0 saturated carbocycles. The van der Waals surface area contributed by atoms with E-state index in [-0.39, 0.29) is 0 Å². The van der Waals surface area contributed by atoms with E-state index in [1.165, 1.54) is 11.1 Å². The number of nitrogens with zero attached hydrogens (tertiary/aromatic N) is 2. The van der Waals surface area contributed by atoms with Crippen molar-refractivity contribution >= 4 is 39.1 Å². The molecule has 0 atom stereocenters. The minimum absolute atomic E-state index is 0.563. The fraction of sp³-hybridized carbons (Fsp3) is 0.111. The molecule has 0 fully saturated rings. The molecule has 1 aromatic heterocycles. The van der Waals surface area contributed by atoms with Crippen LogP contribution < -0.4 is 10.6 Å². The highest BCUT2D eigenvalue weighted by Gasteiger charge is 2.03. The van der Waals surface area contributed by atoms with Gasteiger partial charge in [-0.15, -0.1) is 0 Å². The van der Waals surface area contributed by atoms with Gasteiger partial charge < -0.3 is 10.6 Å². The van der Waals surface area contributed by atoms with E-state index in [1.807, 2.05) is 47.3 Å². The highest BCUT2D eigenvalue weighted by atomic mass is 79.9. The van der Waals surface area contributed by atoms with E-state index in [2.05, 4.69) is 55.9 Å². The van der Waals surface area contributed by atoms with Gasteiger partial charge in [-0.05, 0) is 35.5 Å². The van der Waals surface area contributed by atoms with E-state index >= 15 is 0 Å². The van der Waals surface area contributed by atoms with Crippen LogP contribution in [0.15, 0.2) is 71.3 Å². The lowest BCUT2D eigenvalue weighted by atomic mass is 10.2. The van der Waals surface area contributed by atoms with Crippen molar-refractivity contribution in [2.24, 2.45) is 0 Å². The standard InChI is InChI=1S/C18H17BrN4S/c19-16-8-6-15(7-9-16)13-23-11-10-17(22-23)21-18(24)20-12-14-4-2-1-3-5-14/h1-11H,12-13H2,(H2,20,21,22,24). The summed E-state index contributed by atoms with van der Waals surface area (Å²) in [6.45, 7) is 1.41. The lowest BCUT2D eigenvalue weighted by molar-refractivity contribution is 0.689. The van der Waals surface area contributed by atoms with E-state index in [0.29, 0.717) is 11.7 Å². The number of aromatic nitrogens is 2. The summed E-state index contributed by atoms with van der Waals surface area (Å²) in [6, 6.07) is 20.3. The largest absolute Gasteiger partial charge is 0.358 e. The van der Waals surface area contributed by atoms with Gasteiger partial charge in [0.2, 0.25) is 0 Å². The van der Waals surface area contributed by atoms with Crippen LogP contribution in [0, 0.1) is 0 Å². The van der Waals surface area contributed by atoms with Crippen LogP contribution in [-0.2, 0) is 13.1 Å². The molecule has 0 aliphatic carbocycles. The van der Waals surface area contributed by atoms with Crippen molar-refractivity contribution in [2.45, 2.75) is 13.1 Å². The molecule has 0 radical (unpaired) electrons. The lowest BCUT2D eigenvalue weighted by Crippen LogP contribution is -2.28. The van der Waals surface area contributed by atoms with Gasteiger partial charge in [-0.1, -0.05) is 58.4 Å². The molecule has 0 unspecified atom stereocenters. The third-order valence-electron chi connectivity index (χ3n) is 3.44. The number of rotatable bonds is 5. The third kappa shape index (κ3) is 4.91. The first kappa shape index (κ1) is 16.7. The van der Waals surface area contributed by atoms with Crippen molar-refractivity contribution in [3.8, 4) is 0 Å². The molecule has 2 aromatic carbocycles. The zero-order valence-corrected chi connectivity index (χ0v) is 15.3. The topological polar surface area (TPSA) is 41.9 Å². The molecular formula is C18H17BrN4S. The summed E-state index contributed by atoms with van der Waals surface area (Å²) < 4.78 is 2.95. The second-order valence-electron chi connectivity index (χ2n) is 5.32. The Hall–Kier alpha value is -2.18. The van der Waals surface area contributed by atoms with Crippen LogP contribution in [0.3, 0.4) is 0 Å². The number of hydrogen-bond acceptors (Lipinski definition) is 2.